The Morgan fingerprint density at radius 3 is 2.52 bits per heavy atom. The number of amides is 1. The summed E-state index contributed by atoms with van der Waals surface area (Å²) in [6, 6.07) is 11.7. The fourth-order valence-corrected chi connectivity index (χ4v) is 2.12. The molecule has 2 aromatic rings. The molecular weight excluding hydrogens is 262 g/mol. The second-order valence-electron chi connectivity index (χ2n) is 5.38. The molecule has 110 valence electrons. The average molecular weight is 283 g/mol. The molecule has 1 heterocycles. The van der Waals surface area contributed by atoms with E-state index >= 15 is 0 Å². The lowest BCUT2D eigenvalue weighted by atomic mass is 9.99. The van der Waals surface area contributed by atoms with Crippen LogP contribution in [0.2, 0.25) is 0 Å². The highest BCUT2D eigenvalue weighted by atomic mass is 16.1. The standard InChI is InChI=1S/C17H21N3O/c1-13(14-5-4-10-18-12-14)11-17(21)19-15-6-8-16(9-7-15)20(2)3/h4-10,12-13H,11H2,1-3H3,(H,19,21). The molecule has 1 aromatic heterocycles. The van der Waals surface area contributed by atoms with Crippen molar-refractivity contribution in [1.82, 2.24) is 4.98 Å². The fraction of sp³-hybridized carbons (Fsp3) is 0.294. The third-order valence-corrected chi connectivity index (χ3v) is 3.41. The van der Waals surface area contributed by atoms with Crippen LogP contribution in [0.4, 0.5) is 11.4 Å². The second-order valence-corrected chi connectivity index (χ2v) is 5.38. The van der Waals surface area contributed by atoms with Crippen molar-refractivity contribution in [3.63, 3.8) is 0 Å². The van der Waals surface area contributed by atoms with Gasteiger partial charge in [0, 0.05) is 44.3 Å². The van der Waals surface area contributed by atoms with E-state index in [-0.39, 0.29) is 11.8 Å². The summed E-state index contributed by atoms with van der Waals surface area (Å²) in [5, 5.41) is 2.93. The number of aromatic nitrogens is 1. The van der Waals surface area contributed by atoms with Crippen molar-refractivity contribution in [2.45, 2.75) is 19.3 Å². The number of nitrogens with one attached hydrogen (secondary N) is 1. The molecule has 1 atom stereocenters. The number of carbonyl (C=O) groups excluding carboxylic acids is 1. The number of pyridine rings is 1. The van der Waals surface area contributed by atoms with Gasteiger partial charge >= 0.3 is 0 Å². The molecule has 4 nitrogen and oxygen atoms in total. The Morgan fingerprint density at radius 1 is 1.24 bits per heavy atom. The molecule has 0 bridgehead atoms. The van der Waals surface area contributed by atoms with Gasteiger partial charge in [-0.1, -0.05) is 13.0 Å². The molecule has 0 aliphatic rings. The summed E-state index contributed by atoms with van der Waals surface area (Å²) < 4.78 is 0. The first-order chi connectivity index (χ1) is 10.1. The minimum Gasteiger partial charge on any atom is -0.378 e. The van der Waals surface area contributed by atoms with Gasteiger partial charge in [0.25, 0.3) is 0 Å². The van der Waals surface area contributed by atoms with E-state index < -0.39 is 0 Å². The molecule has 1 aromatic carbocycles. The first-order valence-corrected chi connectivity index (χ1v) is 7.03. The minimum absolute atomic E-state index is 0.0176. The van der Waals surface area contributed by atoms with Crippen LogP contribution in [0.25, 0.3) is 0 Å². The van der Waals surface area contributed by atoms with E-state index in [4.69, 9.17) is 0 Å². The number of anilines is 2. The van der Waals surface area contributed by atoms with Crippen LogP contribution in [0, 0.1) is 0 Å². The molecule has 0 aliphatic carbocycles. The molecule has 0 radical (unpaired) electrons. The maximum absolute atomic E-state index is 12.1. The van der Waals surface area contributed by atoms with Crippen molar-refractivity contribution < 1.29 is 4.79 Å². The summed E-state index contributed by atoms with van der Waals surface area (Å²) >= 11 is 0. The van der Waals surface area contributed by atoms with Crippen LogP contribution < -0.4 is 10.2 Å². The maximum Gasteiger partial charge on any atom is 0.224 e. The molecule has 0 spiro atoms. The van der Waals surface area contributed by atoms with Crippen molar-refractivity contribution in [1.29, 1.82) is 0 Å². The highest BCUT2D eigenvalue weighted by Gasteiger charge is 2.11. The van der Waals surface area contributed by atoms with E-state index in [1.807, 2.05) is 68.5 Å². The lowest BCUT2D eigenvalue weighted by molar-refractivity contribution is -0.116. The summed E-state index contributed by atoms with van der Waals surface area (Å²) in [6.45, 7) is 2.03. The van der Waals surface area contributed by atoms with Gasteiger partial charge in [-0.15, -0.1) is 0 Å². The fourth-order valence-electron chi connectivity index (χ4n) is 2.12. The predicted octanol–water partition coefficient (Wildman–Crippen LogP) is 3.28. The van der Waals surface area contributed by atoms with Gasteiger partial charge in [0.1, 0.15) is 0 Å². The number of carbonyl (C=O) groups is 1. The highest BCUT2D eigenvalue weighted by Crippen LogP contribution is 2.20. The molecule has 1 N–H and O–H groups in total. The van der Waals surface area contributed by atoms with E-state index in [0.29, 0.717) is 6.42 Å². The Kier molecular flexibility index (Phi) is 4.93. The largest absolute Gasteiger partial charge is 0.378 e. The van der Waals surface area contributed by atoms with E-state index in [9.17, 15) is 4.79 Å². The van der Waals surface area contributed by atoms with E-state index in [0.717, 1.165) is 16.9 Å². The Bertz CT molecular complexity index is 579. The molecule has 1 amide bonds. The average Bonchev–Trinajstić information content (AvgIpc) is 2.48. The van der Waals surface area contributed by atoms with E-state index in [1.54, 1.807) is 6.20 Å². The lowest BCUT2D eigenvalue weighted by Gasteiger charge is -2.14. The molecule has 0 fully saturated rings. The molecule has 4 heteroatoms. The van der Waals surface area contributed by atoms with Crippen molar-refractivity contribution in [3.05, 3.63) is 54.4 Å². The number of nitrogens with zero attached hydrogens (tertiary/aromatic N) is 2. The van der Waals surface area contributed by atoms with Gasteiger partial charge in [0.15, 0.2) is 0 Å². The van der Waals surface area contributed by atoms with Gasteiger partial charge < -0.3 is 10.2 Å². The second kappa shape index (κ2) is 6.88. The lowest BCUT2D eigenvalue weighted by Crippen LogP contribution is -2.14. The van der Waals surface area contributed by atoms with Gasteiger partial charge in [-0.25, -0.2) is 0 Å². The van der Waals surface area contributed by atoms with Gasteiger partial charge in [0.05, 0.1) is 0 Å². The normalized spacial score (nSPS) is 11.8. The maximum atomic E-state index is 12.1. The zero-order chi connectivity index (χ0) is 15.2. The summed E-state index contributed by atoms with van der Waals surface area (Å²) in [7, 11) is 3.98. The van der Waals surface area contributed by atoms with Gasteiger partial charge in [0.2, 0.25) is 5.91 Å². The van der Waals surface area contributed by atoms with Crippen LogP contribution in [0.1, 0.15) is 24.8 Å². The molecule has 1 unspecified atom stereocenters. The number of rotatable bonds is 5. The first kappa shape index (κ1) is 15.0. The number of hydrogen-bond donors (Lipinski definition) is 1. The van der Waals surface area contributed by atoms with Crippen molar-refractivity contribution in [3.8, 4) is 0 Å². The molecule has 21 heavy (non-hydrogen) atoms. The van der Waals surface area contributed by atoms with E-state index in [2.05, 4.69) is 10.3 Å². The quantitative estimate of drug-likeness (QED) is 0.916. The summed E-state index contributed by atoms with van der Waals surface area (Å²) in [5.41, 5.74) is 3.01. The summed E-state index contributed by atoms with van der Waals surface area (Å²) in [4.78, 5) is 18.2. The SMILES string of the molecule is CC(CC(=O)Nc1ccc(N(C)C)cc1)c1cccnc1. The Labute approximate surface area is 125 Å². The smallest absolute Gasteiger partial charge is 0.224 e. The van der Waals surface area contributed by atoms with Crippen molar-refractivity contribution >= 4 is 17.3 Å². The summed E-state index contributed by atoms with van der Waals surface area (Å²) in [5.74, 6) is 0.170. The molecule has 0 saturated carbocycles. The number of benzene rings is 1. The molecular formula is C17H21N3O. The minimum atomic E-state index is 0.0176. The Hall–Kier alpha value is -2.36. The topological polar surface area (TPSA) is 45.2 Å². The van der Waals surface area contributed by atoms with Gasteiger partial charge in [-0.2, -0.15) is 0 Å². The zero-order valence-electron chi connectivity index (χ0n) is 12.7. The number of hydrogen-bond acceptors (Lipinski definition) is 3. The van der Waals surface area contributed by atoms with Crippen LogP contribution in [0.5, 0.6) is 0 Å². The molecule has 0 aliphatic heterocycles. The first-order valence-electron chi connectivity index (χ1n) is 7.03. The molecule has 2 rings (SSSR count). The van der Waals surface area contributed by atoms with Crippen LogP contribution in [-0.4, -0.2) is 25.0 Å². The Balaban J connectivity index is 1.92. The zero-order valence-corrected chi connectivity index (χ0v) is 12.7. The van der Waals surface area contributed by atoms with Crippen LogP contribution in [0.15, 0.2) is 48.8 Å². The van der Waals surface area contributed by atoms with Crippen LogP contribution >= 0.6 is 0 Å². The third-order valence-electron chi connectivity index (χ3n) is 3.41. The summed E-state index contributed by atoms with van der Waals surface area (Å²) in [6.07, 6.45) is 3.99. The van der Waals surface area contributed by atoms with Crippen molar-refractivity contribution in [2.24, 2.45) is 0 Å². The Morgan fingerprint density at radius 2 is 1.95 bits per heavy atom. The highest BCUT2D eigenvalue weighted by molar-refractivity contribution is 5.91. The van der Waals surface area contributed by atoms with E-state index in [1.165, 1.54) is 0 Å². The van der Waals surface area contributed by atoms with Gasteiger partial charge in [-0.05, 0) is 41.8 Å². The predicted molar refractivity (Wildman–Crippen MR) is 86.7 cm³/mol. The van der Waals surface area contributed by atoms with Gasteiger partial charge in [-0.3, -0.25) is 9.78 Å². The van der Waals surface area contributed by atoms with Crippen LogP contribution in [-0.2, 0) is 4.79 Å². The van der Waals surface area contributed by atoms with Crippen molar-refractivity contribution in [2.75, 3.05) is 24.3 Å². The van der Waals surface area contributed by atoms with Crippen LogP contribution in [0.3, 0.4) is 0 Å². The third kappa shape index (κ3) is 4.31. The monoisotopic (exact) mass is 283 g/mol. The molecule has 0 saturated heterocycles.